The fourth-order valence-corrected chi connectivity index (χ4v) is 18.3. The van der Waals surface area contributed by atoms with Crippen LogP contribution in [0.2, 0.25) is 0 Å². The van der Waals surface area contributed by atoms with Gasteiger partial charge in [0.2, 0.25) is 11.8 Å². The number of carboxylic acids is 2. The molecular weight excluding hydrogens is 1310 g/mol. The van der Waals surface area contributed by atoms with Crippen LogP contribution in [-0.4, -0.2) is 114 Å². The SMILES string of the molecule is CC(C)CC1CCC(C2CC=C(c3cnc(-c4ccc(CC(NC(=O)c5ccc(C(C)(C)C)s5)C(=O)N5CC(C(=O)O)C5)cc4)nc3)CC2)CC1.CCCC1CCC(C2CCC(c3cnc(-c4ccc(CC(NC(=O)c5ccc(C(C)(C)C)s5)C(=O)N5CC(C(=O)O)C5)cc4)nc3)=C(C)C2)CC1. The number of hydrogen-bond donors (Lipinski definition) is 4. The first-order chi connectivity index (χ1) is 48.7. The van der Waals surface area contributed by atoms with Crippen molar-refractivity contribution < 1.29 is 39.0 Å². The van der Waals surface area contributed by atoms with Gasteiger partial charge in [-0.25, -0.2) is 19.9 Å². The zero-order valence-corrected chi connectivity index (χ0v) is 63.4. The van der Waals surface area contributed by atoms with Gasteiger partial charge in [0.05, 0.1) is 21.6 Å². The first kappa shape index (κ1) is 75.5. The van der Waals surface area contributed by atoms with Gasteiger partial charge in [-0.2, -0.15) is 0 Å². The van der Waals surface area contributed by atoms with Crippen molar-refractivity contribution in [2.45, 2.75) is 214 Å². The Hall–Kier alpha value is -7.70. The predicted octanol–water partition coefficient (Wildman–Crippen LogP) is 17.0. The van der Waals surface area contributed by atoms with Crippen LogP contribution < -0.4 is 10.6 Å². The number of aliphatic carboxylic acids is 2. The minimum atomic E-state index is -0.910. The number of carbonyl (C=O) groups is 6. The summed E-state index contributed by atoms with van der Waals surface area (Å²) in [6, 6.07) is 21.5. The Balaban J connectivity index is 0.000000205. The van der Waals surface area contributed by atoms with Crippen molar-refractivity contribution >= 4 is 69.4 Å². The lowest BCUT2D eigenvalue weighted by Gasteiger charge is -2.38. The lowest BCUT2D eigenvalue weighted by Crippen LogP contribution is -2.59. The number of nitrogens with one attached hydrogen (secondary N) is 2. The molecular formula is C84H108N8O8S2. The fraction of sp³-hybridized carbons (Fsp3) is 0.548. The number of rotatable bonds is 22. The Bertz CT molecular complexity index is 3950. The number of nitrogens with zero attached hydrogens (tertiary/aromatic N) is 6. The molecule has 2 aliphatic heterocycles. The minimum Gasteiger partial charge on any atom is -0.481 e. The molecule has 4 fully saturated rings. The summed E-state index contributed by atoms with van der Waals surface area (Å²) in [5.74, 6) is 3.24. The maximum atomic E-state index is 13.5. The van der Waals surface area contributed by atoms with E-state index in [4.69, 9.17) is 19.9 Å². The summed E-state index contributed by atoms with van der Waals surface area (Å²) in [4.78, 5) is 102. The van der Waals surface area contributed by atoms with Gasteiger partial charge in [-0.3, -0.25) is 28.8 Å². The molecule has 6 aromatic rings. The third kappa shape index (κ3) is 19.2. The number of allylic oxidation sites excluding steroid dienone is 4. The van der Waals surface area contributed by atoms with Crippen LogP contribution in [0.1, 0.15) is 230 Å². The number of benzene rings is 2. The normalized spacial score (nSPS) is 21.9. The van der Waals surface area contributed by atoms with Crippen molar-refractivity contribution in [2.24, 2.45) is 53.3 Å². The molecule has 4 atom stereocenters. The van der Waals surface area contributed by atoms with E-state index in [0.29, 0.717) is 21.4 Å². The zero-order valence-electron chi connectivity index (χ0n) is 61.8. The first-order valence-electron chi connectivity index (χ1n) is 37.8. The van der Waals surface area contributed by atoms with Gasteiger partial charge in [-0.05, 0) is 176 Å². The third-order valence-electron chi connectivity index (χ3n) is 22.7. The highest BCUT2D eigenvalue weighted by molar-refractivity contribution is 7.14. The maximum absolute atomic E-state index is 13.5. The second-order valence-electron chi connectivity index (χ2n) is 32.8. The van der Waals surface area contributed by atoms with E-state index in [-0.39, 0.29) is 73.5 Å². The average molecular weight is 1420 g/mol. The Kier molecular flexibility index (Phi) is 24.7. The lowest BCUT2D eigenvalue weighted by molar-refractivity contribution is -0.155. The molecule has 2 aromatic carbocycles. The van der Waals surface area contributed by atoms with Crippen molar-refractivity contribution in [3.05, 3.63) is 151 Å². The fourth-order valence-electron chi connectivity index (χ4n) is 16.4. The van der Waals surface area contributed by atoms with Crippen molar-refractivity contribution in [3.8, 4) is 22.8 Å². The summed E-state index contributed by atoms with van der Waals surface area (Å²) in [6.07, 6.45) is 33.2. The second-order valence-corrected chi connectivity index (χ2v) is 35.0. The van der Waals surface area contributed by atoms with Gasteiger partial charge in [0.15, 0.2) is 11.6 Å². The van der Waals surface area contributed by atoms with Crippen molar-refractivity contribution in [1.29, 1.82) is 0 Å². The molecule has 4 amide bonds. The minimum absolute atomic E-state index is 0.0870. The van der Waals surface area contributed by atoms with Gasteiger partial charge in [0, 0.05) is 95.8 Å². The van der Waals surface area contributed by atoms with Gasteiger partial charge >= 0.3 is 11.9 Å². The summed E-state index contributed by atoms with van der Waals surface area (Å²) in [7, 11) is 0. The number of amides is 4. The number of likely N-dealkylation sites (tertiary alicyclic amines) is 2. The molecule has 16 nitrogen and oxygen atoms in total. The summed E-state index contributed by atoms with van der Waals surface area (Å²) in [5, 5.41) is 24.6. The van der Waals surface area contributed by atoms with Gasteiger partial charge in [0.25, 0.3) is 11.8 Å². The van der Waals surface area contributed by atoms with Crippen LogP contribution in [0, 0.1) is 53.3 Å². The standard InChI is InChI=1S/2C42H54N4O4S/c1-26(2)20-27-6-10-29(11-7-27)30-14-16-31(17-15-30)33-22-43-38(44-23-33)32-12-8-28(9-13-32)21-35(40(48)46-24-34(25-46)41(49)50)45-39(47)36-18-19-37(51-36)42(3,4)5;1-6-7-27-8-12-29(13-9-27)31-16-17-34(26(2)20-31)32-22-43-38(44-23-32)30-14-10-28(11-15-30)21-35(40(48)46-24-33(25-46)41(49)50)45-39(47)36-18-19-37(51-36)42(3,4)5/h8-9,12-13,16,18-19,22-23,26-27,29-30,34-35H,6-7,10-11,14-15,17,20-21,24-25H2,1-5H3,(H,45,47)(H,49,50);10-11,14-15,18-19,22-23,27,29,31,33,35H,6-9,12-13,16-17,20-21,24-25H2,1-5H3,(H,45,47)(H,49,50). The molecule has 0 radical (unpaired) electrons. The molecule has 0 bridgehead atoms. The number of aromatic nitrogens is 4. The van der Waals surface area contributed by atoms with E-state index in [1.165, 1.54) is 139 Å². The van der Waals surface area contributed by atoms with Crippen LogP contribution in [0.4, 0.5) is 0 Å². The first-order valence-corrected chi connectivity index (χ1v) is 39.4. The van der Waals surface area contributed by atoms with E-state index in [1.54, 1.807) is 12.1 Å². The van der Waals surface area contributed by atoms with E-state index in [0.717, 1.165) is 104 Å². The number of thiophene rings is 2. The Morgan fingerprint density at radius 2 is 0.961 bits per heavy atom. The molecule has 4 N–H and O–H groups in total. The van der Waals surface area contributed by atoms with Gasteiger partial charge in [-0.15, -0.1) is 22.7 Å². The topological polar surface area (TPSA) is 225 Å². The molecule has 4 aromatic heterocycles. The Labute approximate surface area is 612 Å². The number of carboxylic acid groups (broad SMARTS) is 2. The molecule has 2 saturated carbocycles. The highest BCUT2D eigenvalue weighted by Crippen LogP contribution is 2.46. The predicted molar refractivity (Wildman–Crippen MR) is 407 cm³/mol. The average Bonchev–Trinajstić information content (AvgIpc) is 1.06. The van der Waals surface area contributed by atoms with Crippen LogP contribution in [-0.2, 0) is 42.8 Å². The third-order valence-corrected chi connectivity index (χ3v) is 25.7. The molecule has 6 heterocycles. The Morgan fingerprint density at radius 1 is 0.529 bits per heavy atom. The smallest absolute Gasteiger partial charge is 0.310 e. The van der Waals surface area contributed by atoms with E-state index >= 15 is 0 Å². The molecule has 102 heavy (non-hydrogen) atoms. The molecule has 2 saturated heterocycles. The van der Waals surface area contributed by atoms with Gasteiger partial charge in [0.1, 0.15) is 12.1 Å². The second kappa shape index (κ2) is 33.4. The number of hydrogen-bond acceptors (Lipinski definition) is 12. The molecule has 18 heteroatoms. The molecule has 0 spiro atoms. The summed E-state index contributed by atoms with van der Waals surface area (Å²) >= 11 is 2.85. The van der Waals surface area contributed by atoms with Crippen molar-refractivity contribution in [1.82, 2.24) is 40.4 Å². The van der Waals surface area contributed by atoms with E-state index < -0.39 is 35.9 Å². The quantitative estimate of drug-likeness (QED) is 0.0498. The van der Waals surface area contributed by atoms with Gasteiger partial charge < -0.3 is 30.6 Å². The van der Waals surface area contributed by atoms with Crippen LogP contribution in [0.25, 0.3) is 33.9 Å². The lowest BCUT2D eigenvalue weighted by atomic mass is 9.69. The maximum Gasteiger partial charge on any atom is 0.310 e. The summed E-state index contributed by atoms with van der Waals surface area (Å²) in [5.41, 5.74) is 9.80. The van der Waals surface area contributed by atoms with E-state index in [2.05, 4.69) is 85.9 Å². The Morgan fingerprint density at radius 3 is 1.35 bits per heavy atom. The van der Waals surface area contributed by atoms with Crippen LogP contribution in [0.3, 0.4) is 0 Å². The van der Waals surface area contributed by atoms with Crippen LogP contribution in [0.15, 0.2) is 109 Å². The highest BCUT2D eigenvalue weighted by Gasteiger charge is 2.41. The van der Waals surface area contributed by atoms with Crippen LogP contribution in [0.5, 0.6) is 0 Å². The van der Waals surface area contributed by atoms with Crippen LogP contribution >= 0.6 is 22.7 Å². The van der Waals surface area contributed by atoms with E-state index in [1.807, 2.05) is 85.5 Å². The van der Waals surface area contributed by atoms with E-state index in [9.17, 15) is 39.0 Å². The molecule has 4 aliphatic carbocycles. The van der Waals surface area contributed by atoms with Crippen molar-refractivity contribution in [3.63, 3.8) is 0 Å². The molecule has 4 unspecified atom stereocenters. The zero-order chi connectivity index (χ0) is 72.6. The van der Waals surface area contributed by atoms with Crippen molar-refractivity contribution in [2.75, 3.05) is 26.2 Å². The van der Waals surface area contributed by atoms with Gasteiger partial charge in [-0.1, -0.05) is 161 Å². The largest absolute Gasteiger partial charge is 0.481 e. The molecule has 12 rings (SSSR count). The number of carbonyl (C=O) groups excluding carboxylic acids is 4. The summed E-state index contributed by atoms with van der Waals surface area (Å²) < 4.78 is 0. The monoisotopic (exact) mass is 1420 g/mol. The summed E-state index contributed by atoms with van der Waals surface area (Å²) in [6.45, 7) is 22.5. The molecule has 544 valence electrons. The molecule has 6 aliphatic rings. The highest BCUT2D eigenvalue weighted by atomic mass is 32.1.